The van der Waals surface area contributed by atoms with Gasteiger partial charge in [0, 0.05) is 30.1 Å². The summed E-state index contributed by atoms with van der Waals surface area (Å²) >= 11 is 0. The highest BCUT2D eigenvalue weighted by Gasteiger charge is 2.52. The molecular weight excluding hydrogens is 442 g/mol. The van der Waals surface area contributed by atoms with Gasteiger partial charge < -0.3 is 19.3 Å². The van der Waals surface area contributed by atoms with Gasteiger partial charge in [-0.15, -0.1) is 0 Å². The molecule has 0 spiro atoms. The SMILES string of the molecule is CCOc1cccc2c1OC(C)(C)[C@H]1C[C@H]3[C@H](CCCN3Cc3ccc(/C=C/C(=O)O)cc3)O[C@H]21. The van der Waals surface area contributed by atoms with Gasteiger partial charge in [-0.2, -0.15) is 0 Å². The van der Waals surface area contributed by atoms with Crippen LogP contribution in [0.3, 0.4) is 0 Å². The fourth-order valence-electron chi connectivity index (χ4n) is 5.96. The number of hydrogen-bond acceptors (Lipinski definition) is 5. The highest BCUT2D eigenvalue weighted by atomic mass is 16.5. The second-order valence-corrected chi connectivity index (χ2v) is 10.3. The summed E-state index contributed by atoms with van der Waals surface area (Å²) in [5.41, 5.74) is 2.87. The maximum Gasteiger partial charge on any atom is 0.328 e. The zero-order chi connectivity index (χ0) is 24.6. The van der Waals surface area contributed by atoms with Gasteiger partial charge >= 0.3 is 5.97 Å². The Hall–Kier alpha value is -2.83. The molecule has 5 rings (SSSR count). The Labute approximate surface area is 207 Å². The van der Waals surface area contributed by atoms with Crippen molar-refractivity contribution >= 4 is 12.0 Å². The summed E-state index contributed by atoms with van der Waals surface area (Å²) in [5.74, 6) is 0.950. The molecule has 4 atom stereocenters. The van der Waals surface area contributed by atoms with Gasteiger partial charge in [-0.25, -0.2) is 4.79 Å². The second-order valence-electron chi connectivity index (χ2n) is 10.3. The van der Waals surface area contributed by atoms with Crippen molar-refractivity contribution in [2.24, 2.45) is 5.92 Å². The summed E-state index contributed by atoms with van der Waals surface area (Å²) in [6, 6.07) is 14.6. The molecule has 35 heavy (non-hydrogen) atoms. The third kappa shape index (κ3) is 4.82. The normalized spacial score (nSPS) is 27.4. The highest BCUT2D eigenvalue weighted by Crippen LogP contribution is 2.54. The van der Waals surface area contributed by atoms with Crippen molar-refractivity contribution in [3.63, 3.8) is 0 Å². The average Bonchev–Trinajstić information content (AvgIpc) is 2.83. The van der Waals surface area contributed by atoms with E-state index in [2.05, 4.69) is 36.9 Å². The number of ether oxygens (including phenoxy) is 3. The lowest BCUT2D eigenvalue weighted by Crippen LogP contribution is -2.58. The smallest absolute Gasteiger partial charge is 0.328 e. The van der Waals surface area contributed by atoms with E-state index < -0.39 is 5.97 Å². The van der Waals surface area contributed by atoms with Crippen LogP contribution >= 0.6 is 0 Å². The van der Waals surface area contributed by atoms with E-state index in [4.69, 9.17) is 19.3 Å². The number of carboxylic acid groups (broad SMARTS) is 1. The van der Waals surface area contributed by atoms with Crippen LogP contribution in [0.25, 0.3) is 6.08 Å². The van der Waals surface area contributed by atoms with Gasteiger partial charge in [-0.05, 0) is 69.8 Å². The first kappa shape index (κ1) is 23.9. The predicted octanol–water partition coefficient (Wildman–Crippen LogP) is 5.46. The van der Waals surface area contributed by atoms with Crippen LogP contribution in [-0.4, -0.2) is 46.9 Å². The first-order chi connectivity index (χ1) is 16.9. The molecule has 0 radical (unpaired) electrons. The average molecular weight is 478 g/mol. The lowest BCUT2D eigenvalue weighted by Gasteiger charge is -2.54. The van der Waals surface area contributed by atoms with Gasteiger partial charge in [0.05, 0.1) is 18.8 Å². The minimum atomic E-state index is -0.935. The number of aliphatic carboxylic acids is 1. The number of rotatable bonds is 6. The van der Waals surface area contributed by atoms with Crippen LogP contribution in [-0.2, 0) is 16.1 Å². The Morgan fingerprint density at radius 1 is 1.23 bits per heavy atom. The number of likely N-dealkylation sites (tertiary alicyclic amines) is 1. The molecule has 0 unspecified atom stereocenters. The van der Waals surface area contributed by atoms with Gasteiger partial charge in [0.25, 0.3) is 0 Å². The minimum Gasteiger partial charge on any atom is -0.490 e. The quantitative estimate of drug-likeness (QED) is 0.557. The molecule has 0 bridgehead atoms. The van der Waals surface area contributed by atoms with Crippen LogP contribution in [0.1, 0.15) is 62.8 Å². The van der Waals surface area contributed by atoms with Crippen molar-refractivity contribution in [1.82, 2.24) is 4.90 Å². The number of piperidine rings is 1. The van der Waals surface area contributed by atoms with Gasteiger partial charge in [0.1, 0.15) is 5.60 Å². The molecular formula is C29H35NO5. The fraction of sp³-hybridized carbons (Fsp3) is 0.483. The molecule has 6 nitrogen and oxygen atoms in total. The Balaban J connectivity index is 1.36. The van der Waals surface area contributed by atoms with E-state index in [0.717, 1.165) is 55.0 Å². The second kappa shape index (κ2) is 9.67. The minimum absolute atomic E-state index is 0.00987. The number of nitrogens with zero attached hydrogens (tertiary/aromatic N) is 1. The van der Waals surface area contributed by atoms with Crippen molar-refractivity contribution in [2.45, 2.75) is 70.4 Å². The summed E-state index contributed by atoms with van der Waals surface area (Å²) in [6.45, 7) is 8.86. The van der Waals surface area contributed by atoms with E-state index >= 15 is 0 Å². The summed E-state index contributed by atoms with van der Waals surface area (Å²) in [7, 11) is 0. The Morgan fingerprint density at radius 2 is 2.03 bits per heavy atom. The van der Waals surface area contributed by atoms with Gasteiger partial charge in [-0.3, -0.25) is 4.90 Å². The molecule has 2 saturated heterocycles. The van der Waals surface area contributed by atoms with E-state index in [1.807, 2.05) is 31.2 Å². The molecule has 2 fully saturated rings. The van der Waals surface area contributed by atoms with E-state index in [0.29, 0.717) is 12.6 Å². The summed E-state index contributed by atoms with van der Waals surface area (Å²) in [5, 5.41) is 8.85. The standard InChI is InChI=1S/C29H35NO5/c1-4-33-25-8-5-7-21-27-22(29(2,3)35-28(21)25)17-23-24(34-27)9-6-16-30(23)18-20-12-10-19(11-13-20)14-15-26(31)32/h5,7-8,10-15,22-24,27H,4,6,9,16-18H2,1-3H3,(H,31,32)/b15-14+/t22-,23-,24-,27+/m0/s1. The molecule has 3 aliphatic rings. The van der Waals surface area contributed by atoms with Crippen LogP contribution in [0.15, 0.2) is 48.5 Å². The molecule has 3 heterocycles. The van der Waals surface area contributed by atoms with Crippen molar-refractivity contribution in [3.05, 3.63) is 65.2 Å². The third-order valence-electron chi connectivity index (χ3n) is 7.67. The molecule has 2 aromatic rings. The molecule has 0 aromatic heterocycles. The van der Waals surface area contributed by atoms with Gasteiger partial charge in [-0.1, -0.05) is 36.4 Å². The van der Waals surface area contributed by atoms with Crippen LogP contribution in [0.2, 0.25) is 0 Å². The largest absolute Gasteiger partial charge is 0.490 e. The van der Waals surface area contributed by atoms with Crippen LogP contribution in [0.4, 0.5) is 0 Å². The Bertz CT molecular complexity index is 1090. The van der Waals surface area contributed by atoms with E-state index in [1.54, 1.807) is 6.08 Å². The Morgan fingerprint density at radius 3 is 2.77 bits per heavy atom. The molecule has 3 aliphatic heterocycles. The molecule has 0 saturated carbocycles. The predicted molar refractivity (Wildman–Crippen MR) is 135 cm³/mol. The van der Waals surface area contributed by atoms with Crippen LogP contribution in [0.5, 0.6) is 11.5 Å². The zero-order valence-electron chi connectivity index (χ0n) is 20.8. The number of fused-ring (bicyclic) bond motifs is 4. The summed E-state index contributed by atoms with van der Waals surface area (Å²) < 4.78 is 19.4. The number of para-hydroxylation sites is 1. The van der Waals surface area contributed by atoms with Crippen molar-refractivity contribution in [1.29, 1.82) is 0 Å². The van der Waals surface area contributed by atoms with Gasteiger partial charge in [0.2, 0.25) is 0 Å². The summed E-state index contributed by atoms with van der Waals surface area (Å²) in [4.78, 5) is 13.3. The van der Waals surface area contributed by atoms with Gasteiger partial charge in [0.15, 0.2) is 11.5 Å². The third-order valence-corrected chi connectivity index (χ3v) is 7.67. The molecule has 0 amide bonds. The van der Waals surface area contributed by atoms with Crippen molar-refractivity contribution < 1.29 is 24.1 Å². The maximum absolute atomic E-state index is 10.8. The molecule has 2 aromatic carbocycles. The van der Waals surface area contributed by atoms with E-state index in [9.17, 15) is 4.79 Å². The van der Waals surface area contributed by atoms with Crippen LogP contribution < -0.4 is 9.47 Å². The lowest BCUT2D eigenvalue weighted by molar-refractivity contribution is -0.190. The monoisotopic (exact) mass is 477 g/mol. The maximum atomic E-state index is 10.8. The van der Waals surface area contributed by atoms with Crippen molar-refractivity contribution in [3.8, 4) is 11.5 Å². The zero-order valence-corrected chi connectivity index (χ0v) is 20.8. The van der Waals surface area contributed by atoms with Crippen LogP contribution in [0, 0.1) is 5.92 Å². The molecule has 186 valence electrons. The topological polar surface area (TPSA) is 68.2 Å². The Kier molecular flexibility index (Phi) is 6.60. The highest BCUT2D eigenvalue weighted by molar-refractivity contribution is 5.85. The van der Waals surface area contributed by atoms with E-state index in [-0.39, 0.29) is 23.7 Å². The van der Waals surface area contributed by atoms with E-state index in [1.165, 1.54) is 11.6 Å². The number of carbonyl (C=O) groups is 1. The molecule has 1 N–H and O–H groups in total. The van der Waals surface area contributed by atoms with Crippen molar-refractivity contribution in [2.75, 3.05) is 13.2 Å². The fourth-order valence-corrected chi connectivity index (χ4v) is 5.96. The molecule has 6 heteroatoms. The number of hydrogen-bond donors (Lipinski definition) is 1. The first-order valence-corrected chi connectivity index (χ1v) is 12.7. The lowest BCUT2D eigenvalue weighted by atomic mass is 9.72. The molecule has 0 aliphatic carbocycles. The number of carboxylic acids is 1. The first-order valence-electron chi connectivity index (χ1n) is 12.7. The number of benzene rings is 2. The summed E-state index contributed by atoms with van der Waals surface area (Å²) in [6.07, 6.45) is 6.21.